The zero-order valence-corrected chi connectivity index (χ0v) is 11.3. The molecule has 0 heterocycles. The predicted molar refractivity (Wildman–Crippen MR) is 76.1 cm³/mol. The molecule has 1 amide bonds. The summed E-state index contributed by atoms with van der Waals surface area (Å²) in [4.78, 5) is 11.8. The summed E-state index contributed by atoms with van der Waals surface area (Å²) in [5, 5.41) is 2.63. The van der Waals surface area contributed by atoms with Crippen LogP contribution in [0.25, 0.3) is 0 Å². The lowest BCUT2D eigenvalue weighted by Crippen LogP contribution is -2.14. The first-order chi connectivity index (χ1) is 9.99. The van der Waals surface area contributed by atoms with E-state index in [-0.39, 0.29) is 12.3 Å². The lowest BCUT2D eigenvalue weighted by Gasteiger charge is -2.09. The molecule has 0 unspecified atom stereocenters. The molecule has 3 N–H and O–H groups in total. The van der Waals surface area contributed by atoms with Crippen molar-refractivity contribution < 1.29 is 18.3 Å². The van der Waals surface area contributed by atoms with E-state index in [2.05, 4.69) is 5.32 Å². The molecule has 0 aliphatic carbocycles. The molecule has 0 aliphatic heterocycles. The van der Waals surface area contributed by atoms with Crippen molar-refractivity contribution in [2.24, 2.45) is 0 Å². The van der Waals surface area contributed by atoms with E-state index in [1.54, 1.807) is 18.2 Å². The first kappa shape index (κ1) is 14.8. The van der Waals surface area contributed by atoms with Crippen LogP contribution in [0.3, 0.4) is 0 Å². The monoisotopic (exact) mass is 292 g/mol. The van der Waals surface area contributed by atoms with Crippen LogP contribution < -0.4 is 15.8 Å². The first-order valence-corrected chi connectivity index (χ1v) is 6.17. The number of benzene rings is 2. The molecule has 0 saturated carbocycles. The van der Waals surface area contributed by atoms with Crippen LogP contribution in [0.2, 0.25) is 0 Å². The molecule has 0 radical (unpaired) electrons. The van der Waals surface area contributed by atoms with Crippen LogP contribution in [0.15, 0.2) is 36.4 Å². The van der Waals surface area contributed by atoms with Gasteiger partial charge in [0, 0.05) is 5.69 Å². The molecule has 2 rings (SSSR count). The summed E-state index contributed by atoms with van der Waals surface area (Å²) in [7, 11) is 1.49. The highest BCUT2D eigenvalue weighted by molar-refractivity contribution is 5.92. The van der Waals surface area contributed by atoms with E-state index in [0.29, 0.717) is 22.7 Å². The third-order valence-corrected chi connectivity index (χ3v) is 2.86. The van der Waals surface area contributed by atoms with Crippen molar-refractivity contribution in [1.82, 2.24) is 0 Å². The van der Waals surface area contributed by atoms with E-state index in [1.165, 1.54) is 13.2 Å². The van der Waals surface area contributed by atoms with E-state index in [0.717, 1.165) is 12.1 Å². The molecular formula is C15H14F2N2O2. The van der Waals surface area contributed by atoms with Gasteiger partial charge in [0.15, 0.2) is 11.6 Å². The second-order valence-corrected chi connectivity index (χ2v) is 4.43. The molecule has 6 heteroatoms. The number of amides is 1. The van der Waals surface area contributed by atoms with Crippen LogP contribution in [-0.2, 0) is 11.2 Å². The fourth-order valence-electron chi connectivity index (χ4n) is 1.85. The lowest BCUT2D eigenvalue weighted by atomic mass is 10.1. The molecule has 0 bridgehead atoms. The molecule has 0 atom stereocenters. The Morgan fingerprint density at radius 2 is 1.95 bits per heavy atom. The van der Waals surface area contributed by atoms with Crippen LogP contribution in [0.4, 0.5) is 20.2 Å². The highest BCUT2D eigenvalue weighted by Crippen LogP contribution is 2.24. The van der Waals surface area contributed by atoms with E-state index in [9.17, 15) is 13.6 Å². The van der Waals surface area contributed by atoms with E-state index < -0.39 is 11.6 Å². The van der Waals surface area contributed by atoms with Crippen molar-refractivity contribution in [2.45, 2.75) is 6.42 Å². The SMILES string of the molecule is COc1ccc(NC(=O)Cc2ccc(F)c(F)c2)cc1N. The number of carbonyl (C=O) groups is 1. The number of nitrogen functional groups attached to an aromatic ring is 1. The number of ether oxygens (including phenoxy) is 1. The van der Waals surface area contributed by atoms with Gasteiger partial charge in [-0.3, -0.25) is 4.79 Å². The topological polar surface area (TPSA) is 64.3 Å². The van der Waals surface area contributed by atoms with Gasteiger partial charge in [0.25, 0.3) is 0 Å². The van der Waals surface area contributed by atoms with Crippen molar-refractivity contribution in [3.05, 3.63) is 53.6 Å². The summed E-state index contributed by atoms with van der Waals surface area (Å²) in [6.07, 6.45) is -0.0663. The van der Waals surface area contributed by atoms with Gasteiger partial charge in [-0.15, -0.1) is 0 Å². The molecule has 2 aromatic rings. The molecule has 2 aromatic carbocycles. The summed E-state index contributed by atoms with van der Waals surface area (Å²) in [5.41, 5.74) is 7.00. The zero-order chi connectivity index (χ0) is 15.4. The third-order valence-electron chi connectivity index (χ3n) is 2.86. The van der Waals surface area contributed by atoms with Gasteiger partial charge in [0.1, 0.15) is 5.75 Å². The summed E-state index contributed by atoms with van der Waals surface area (Å²) in [5.74, 6) is -1.77. The minimum Gasteiger partial charge on any atom is -0.495 e. The van der Waals surface area contributed by atoms with Crippen molar-refractivity contribution >= 4 is 17.3 Å². The Kier molecular flexibility index (Phi) is 4.37. The quantitative estimate of drug-likeness (QED) is 0.852. The highest BCUT2D eigenvalue weighted by atomic mass is 19.2. The number of halogens is 2. The number of nitrogens with one attached hydrogen (secondary N) is 1. The molecule has 4 nitrogen and oxygen atoms in total. The van der Waals surface area contributed by atoms with Gasteiger partial charge >= 0.3 is 0 Å². The number of hydrogen-bond acceptors (Lipinski definition) is 3. The van der Waals surface area contributed by atoms with Gasteiger partial charge < -0.3 is 15.8 Å². The van der Waals surface area contributed by atoms with Crippen LogP contribution in [-0.4, -0.2) is 13.0 Å². The fraction of sp³-hybridized carbons (Fsp3) is 0.133. The summed E-state index contributed by atoms with van der Waals surface area (Å²) < 4.78 is 30.9. The first-order valence-electron chi connectivity index (χ1n) is 6.17. The van der Waals surface area contributed by atoms with Crippen molar-refractivity contribution in [1.29, 1.82) is 0 Å². The summed E-state index contributed by atoms with van der Waals surface area (Å²) in [6, 6.07) is 8.17. The number of rotatable bonds is 4. The number of hydrogen-bond donors (Lipinski definition) is 2. The Morgan fingerprint density at radius 3 is 2.57 bits per heavy atom. The largest absolute Gasteiger partial charge is 0.495 e. The number of anilines is 2. The standard InChI is InChI=1S/C15H14F2N2O2/c1-21-14-5-3-10(8-13(14)18)19-15(20)7-9-2-4-11(16)12(17)6-9/h2-6,8H,7,18H2,1H3,(H,19,20). The number of methoxy groups -OCH3 is 1. The minimum absolute atomic E-state index is 0.0663. The Bertz CT molecular complexity index is 675. The maximum absolute atomic E-state index is 13.1. The Hall–Kier alpha value is -2.63. The Morgan fingerprint density at radius 1 is 1.19 bits per heavy atom. The number of nitrogens with two attached hydrogens (primary N) is 1. The lowest BCUT2D eigenvalue weighted by molar-refractivity contribution is -0.115. The number of carbonyl (C=O) groups excluding carboxylic acids is 1. The smallest absolute Gasteiger partial charge is 0.228 e. The van der Waals surface area contributed by atoms with Crippen LogP contribution in [0.1, 0.15) is 5.56 Å². The molecular weight excluding hydrogens is 278 g/mol. The second kappa shape index (κ2) is 6.21. The van der Waals surface area contributed by atoms with Gasteiger partial charge in [-0.25, -0.2) is 8.78 Å². The van der Waals surface area contributed by atoms with Crippen molar-refractivity contribution in [3.8, 4) is 5.75 Å². The average molecular weight is 292 g/mol. The van der Waals surface area contributed by atoms with Gasteiger partial charge in [0.2, 0.25) is 5.91 Å². The normalized spacial score (nSPS) is 10.2. The molecule has 0 aromatic heterocycles. The van der Waals surface area contributed by atoms with Crippen LogP contribution >= 0.6 is 0 Å². The van der Waals surface area contributed by atoms with E-state index >= 15 is 0 Å². The van der Waals surface area contributed by atoms with Gasteiger partial charge in [-0.2, -0.15) is 0 Å². The summed E-state index contributed by atoms with van der Waals surface area (Å²) in [6.45, 7) is 0. The highest BCUT2D eigenvalue weighted by Gasteiger charge is 2.08. The Labute approximate surface area is 120 Å². The van der Waals surface area contributed by atoms with E-state index in [1.807, 2.05) is 0 Å². The van der Waals surface area contributed by atoms with Crippen LogP contribution in [0.5, 0.6) is 5.75 Å². The fourth-order valence-corrected chi connectivity index (χ4v) is 1.85. The molecule has 0 aliphatic rings. The summed E-state index contributed by atoms with van der Waals surface area (Å²) >= 11 is 0. The molecule has 0 spiro atoms. The van der Waals surface area contributed by atoms with Crippen molar-refractivity contribution in [3.63, 3.8) is 0 Å². The third kappa shape index (κ3) is 3.68. The van der Waals surface area contributed by atoms with E-state index in [4.69, 9.17) is 10.5 Å². The molecule has 0 saturated heterocycles. The maximum Gasteiger partial charge on any atom is 0.228 e. The Balaban J connectivity index is 2.04. The van der Waals surface area contributed by atoms with Gasteiger partial charge in [-0.1, -0.05) is 6.07 Å². The maximum atomic E-state index is 13.1. The minimum atomic E-state index is -0.978. The van der Waals surface area contributed by atoms with Gasteiger partial charge in [0.05, 0.1) is 19.2 Å². The predicted octanol–water partition coefficient (Wildman–Crippen LogP) is 2.74. The second-order valence-electron chi connectivity index (χ2n) is 4.43. The molecule has 0 fully saturated rings. The van der Waals surface area contributed by atoms with Crippen molar-refractivity contribution in [2.75, 3.05) is 18.2 Å². The molecule has 21 heavy (non-hydrogen) atoms. The average Bonchev–Trinajstić information content (AvgIpc) is 2.43. The van der Waals surface area contributed by atoms with Crippen LogP contribution in [0, 0.1) is 11.6 Å². The molecule has 110 valence electrons. The van der Waals surface area contributed by atoms with Gasteiger partial charge in [-0.05, 0) is 35.9 Å². The zero-order valence-electron chi connectivity index (χ0n) is 11.3.